The van der Waals surface area contributed by atoms with E-state index < -0.39 is 10.0 Å². The molecule has 0 saturated carbocycles. The molecule has 0 spiro atoms. The van der Waals surface area contributed by atoms with Crippen molar-refractivity contribution >= 4 is 10.0 Å². The average Bonchev–Trinajstić information content (AvgIpc) is 2.97. The Hall–Kier alpha value is -1.90. The van der Waals surface area contributed by atoms with Crippen molar-refractivity contribution < 1.29 is 18.3 Å². The van der Waals surface area contributed by atoms with Crippen molar-refractivity contribution in [1.29, 1.82) is 0 Å². The third kappa shape index (κ3) is 3.81. The van der Waals surface area contributed by atoms with Gasteiger partial charge in [0.1, 0.15) is 5.75 Å². The van der Waals surface area contributed by atoms with Gasteiger partial charge in [0.05, 0.1) is 19.9 Å². The van der Waals surface area contributed by atoms with Crippen molar-refractivity contribution in [3.63, 3.8) is 0 Å². The summed E-state index contributed by atoms with van der Waals surface area (Å²) in [6.45, 7) is -0.135. The molecule has 114 valence electrons. The fraction of sp³-hybridized carbons (Fsp3) is 0.308. The third-order valence-electron chi connectivity index (χ3n) is 2.98. The number of benzene rings is 1. The molecule has 2 rings (SSSR count). The lowest BCUT2D eigenvalue weighted by Gasteiger charge is -2.07. The predicted octanol–water partition coefficient (Wildman–Crippen LogP) is 0.432. The summed E-state index contributed by atoms with van der Waals surface area (Å²) in [6.07, 6.45) is 1.84. The van der Waals surface area contributed by atoms with Gasteiger partial charge in [0.25, 0.3) is 10.0 Å². The minimum atomic E-state index is -3.70. The monoisotopic (exact) mass is 311 g/mol. The number of hydrogen-bond acceptors (Lipinski definition) is 5. The van der Waals surface area contributed by atoms with E-state index in [1.807, 2.05) is 24.3 Å². The molecule has 3 N–H and O–H groups in total. The number of aliphatic hydroxyl groups is 1. The molecule has 0 amide bonds. The van der Waals surface area contributed by atoms with Crippen LogP contribution in [0.1, 0.15) is 11.1 Å². The maximum Gasteiger partial charge on any atom is 0.257 e. The molecule has 0 radical (unpaired) electrons. The smallest absolute Gasteiger partial charge is 0.257 e. The van der Waals surface area contributed by atoms with Crippen LogP contribution in [0.25, 0.3) is 0 Å². The highest BCUT2D eigenvalue weighted by Crippen LogP contribution is 2.13. The van der Waals surface area contributed by atoms with E-state index in [0.29, 0.717) is 6.42 Å². The predicted molar refractivity (Wildman–Crippen MR) is 76.4 cm³/mol. The molecule has 0 bridgehead atoms. The lowest BCUT2D eigenvalue weighted by atomic mass is 10.1. The van der Waals surface area contributed by atoms with Crippen LogP contribution in [0.15, 0.2) is 35.5 Å². The minimum absolute atomic E-state index is 0.0975. The van der Waals surface area contributed by atoms with Crippen LogP contribution >= 0.6 is 0 Å². The lowest BCUT2D eigenvalue weighted by Crippen LogP contribution is -2.27. The van der Waals surface area contributed by atoms with Gasteiger partial charge in [-0.15, -0.1) is 0 Å². The second-order valence-electron chi connectivity index (χ2n) is 4.38. The number of hydrogen-bond donors (Lipinski definition) is 3. The molecule has 0 unspecified atom stereocenters. The molecule has 0 aliphatic heterocycles. The Morgan fingerprint density at radius 2 is 2.05 bits per heavy atom. The Balaban J connectivity index is 1.95. The molecular weight excluding hydrogens is 294 g/mol. The quantitative estimate of drug-likeness (QED) is 0.688. The van der Waals surface area contributed by atoms with Crippen LogP contribution in [0.3, 0.4) is 0 Å². The van der Waals surface area contributed by atoms with Gasteiger partial charge >= 0.3 is 0 Å². The number of methoxy groups -OCH3 is 1. The Morgan fingerprint density at radius 1 is 1.33 bits per heavy atom. The zero-order valence-corrected chi connectivity index (χ0v) is 12.4. The highest BCUT2D eigenvalue weighted by Gasteiger charge is 2.19. The molecule has 0 aliphatic rings. The number of ether oxygens (including phenoxy) is 1. The Labute approximate surface area is 123 Å². The minimum Gasteiger partial charge on any atom is -0.497 e. The van der Waals surface area contributed by atoms with Crippen LogP contribution in [0.5, 0.6) is 5.75 Å². The summed E-state index contributed by atoms with van der Waals surface area (Å²) in [6, 6.07) is 7.40. The maximum atomic E-state index is 12.1. The van der Waals surface area contributed by atoms with Crippen molar-refractivity contribution in [3.8, 4) is 5.75 Å². The summed E-state index contributed by atoms with van der Waals surface area (Å²) in [5.41, 5.74) is 1.23. The summed E-state index contributed by atoms with van der Waals surface area (Å²) in [5.74, 6) is 0.754. The molecular formula is C13H17N3O4S. The Kier molecular flexibility index (Phi) is 4.94. The molecule has 0 atom stereocenters. The molecule has 8 heteroatoms. The van der Waals surface area contributed by atoms with E-state index in [1.54, 1.807) is 7.11 Å². The highest BCUT2D eigenvalue weighted by atomic mass is 32.2. The van der Waals surface area contributed by atoms with E-state index >= 15 is 0 Å². The van der Waals surface area contributed by atoms with Crippen LogP contribution in [0.4, 0.5) is 0 Å². The number of aromatic nitrogens is 2. The molecule has 7 nitrogen and oxygen atoms in total. The van der Waals surface area contributed by atoms with Crippen molar-refractivity contribution in [2.75, 3.05) is 13.7 Å². The van der Waals surface area contributed by atoms with Crippen LogP contribution in [-0.2, 0) is 23.1 Å². The molecule has 0 saturated heterocycles. The summed E-state index contributed by atoms with van der Waals surface area (Å²) >= 11 is 0. The van der Waals surface area contributed by atoms with Gasteiger partial charge < -0.3 is 9.84 Å². The fourth-order valence-corrected chi connectivity index (χ4v) is 2.99. The van der Waals surface area contributed by atoms with Crippen LogP contribution in [0, 0.1) is 0 Å². The highest BCUT2D eigenvalue weighted by molar-refractivity contribution is 7.89. The van der Waals surface area contributed by atoms with E-state index in [0.717, 1.165) is 11.3 Å². The van der Waals surface area contributed by atoms with Gasteiger partial charge in [0, 0.05) is 12.1 Å². The van der Waals surface area contributed by atoms with Gasteiger partial charge in [0.2, 0.25) is 0 Å². The van der Waals surface area contributed by atoms with Gasteiger partial charge in [-0.3, -0.25) is 5.10 Å². The van der Waals surface area contributed by atoms with E-state index in [9.17, 15) is 8.42 Å². The first-order chi connectivity index (χ1) is 10.1. The van der Waals surface area contributed by atoms with Gasteiger partial charge in [-0.25, -0.2) is 13.1 Å². The van der Waals surface area contributed by atoms with Gasteiger partial charge in [0.15, 0.2) is 5.03 Å². The number of nitrogens with one attached hydrogen (secondary N) is 2. The SMILES string of the molecule is COc1ccc(CCNS(=O)(=O)c2[nH]ncc2CO)cc1. The second-order valence-corrected chi connectivity index (χ2v) is 6.08. The molecule has 1 aromatic carbocycles. The molecule has 2 aromatic rings. The van der Waals surface area contributed by atoms with Gasteiger partial charge in [-0.05, 0) is 24.1 Å². The van der Waals surface area contributed by atoms with E-state index in [1.165, 1.54) is 6.20 Å². The molecule has 0 aliphatic carbocycles. The van der Waals surface area contributed by atoms with Crippen molar-refractivity contribution in [2.24, 2.45) is 0 Å². The van der Waals surface area contributed by atoms with Gasteiger partial charge in [-0.2, -0.15) is 5.10 Å². The third-order valence-corrected chi connectivity index (χ3v) is 4.46. The normalized spacial score (nSPS) is 11.5. The number of H-pyrrole nitrogens is 1. The molecule has 0 fully saturated rings. The molecule has 1 aromatic heterocycles. The summed E-state index contributed by atoms with van der Waals surface area (Å²) in [5, 5.41) is 15.0. The summed E-state index contributed by atoms with van der Waals surface area (Å²) < 4.78 is 31.6. The summed E-state index contributed by atoms with van der Waals surface area (Å²) in [7, 11) is -2.11. The van der Waals surface area contributed by atoms with E-state index in [-0.39, 0.29) is 23.7 Å². The molecule has 1 heterocycles. The standard InChI is InChI=1S/C13H17N3O4S/c1-20-12-4-2-10(3-5-12)6-7-15-21(18,19)13-11(9-17)8-14-16-13/h2-5,8,15,17H,6-7,9H2,1H3,(H,14,16). The van der Waals surface area contributed by atoms with Crippen molar-refractivity contribution in [3.05, 3.63) is 41.6 Å². The average molecular weight is 311 g/mol. The number of aromatic amines is 1. The number of aliphatic hydroxyl groups excluding tert-OH is 1. The zero-order valence-electron chi connectivity index (χ0n) is 11.5. The first-order valence-corrected chi connectivity index (χ1v) is 7.81. The topological polar surface area (TPSA) is 104 Å². The zero-order chi connectivity index (χ0) is 15.3. The number of rotatable bonds is 7. The van der Waals surface area contributed by atoms with Crippen molar-refractivity contribution in [1.82, 2.24) is 14.9 Å². The van der Waals surface area contributed by atoms with Gasteiger partial charge in [-0.1, -0.05) is 12.1 Å². The number of sulfonamides is 1. The van der Waals surface area contributed by atoms with Crippen LogP contribution in [0.2, 0.25) is 0 Å². The largest absolute Gasteiger partial charge is 0.497 e. The van der Waals surface area contributed by atoms with Crippen molar-refractivity contribution in [2.45, 2.75) is 18.1 Å². The first kappa shape index (κ1) is 15.5. The maximum absolute atomic E-state index is 12.1. The lowest BCUT2D eigenvalue weighted by molar-refractivity contribution is 0.278. The van der Waals surface area contributed by atoms with Crippen LogP contribution in [-0.4, -0.2) is 37.4 Å². The Bertz CT molecular complexity index is 680. The van der Waals surface area contributed by atoms with E-state index in [2.05, 4.69) is 14.9 Å². The van der Waals surface area contributed by atoms with E-state index in [4.69, 9.17) is 9.84 Å². The van der Waals surface area contributed by atoms with Crippen LogP contribution < -0.4 is 9.46 Å². The fourth-order valence-electron chi connectivity index (χ4n) is 1.84. The Morgan fingerprint density at radius 3 is 2.67 bits per heavy atom. The summed E-state index contributed by atoms with van der Waals surface area (Å²) in [4.78, 5) is 0. The molecule has 21 heavy (non-hydrogen) atoms. The number of nitrogens with zero attached hydrogens (tertiary/aromatic N) is 1. The second kappa shape index (κ2) is 6.70. The first-order valence-electron chi connectivity index (χ1n) is 6.32.